The molecule has 0 aliphatic heterocycles. The van der Waals surface area contributed by atoms with Crippen LogP contribution in [-0.2, 0) is 25.5 Å². The van der Waals surface area contributed by atoms with Gasteiger partial charge in [0.15, 0.2) is 6.04 Å². The molecule has 0 radical (unpaired) electrons. The van der Waals surface area contributed by atoms with Crippen LogP contribution in [0.15, 0.2) is 48.5 Å². The van der Waals surface area contributed by atoms with Crippen LogP contribution in [0.3, 0.4) is 0 Å². The van der Waals surface area contributed by atoms with E-state index in [-0.39, 0.29) is 18.9 Å². The Labute approximate surface area is 180 Å². The minimum Gasteiger partial charge on any atom is -0.458 e. The van der Waals surface area contributed by atoms with Crippen LogP contribution in [0.1, 0.15) is 43.5 Å². The van der Waals surface area contributed by atoms with E-state index in [1.165, 1.54) is 0 Å². The summed E-state index contributed by atoms with van der Waals surface area (Å²) >= 11 is 0. The third-order valence-electron chi connectivity index (χ3n) is 4.05. The van der Waals surface area contributed by atoms with Gasteiger partial charge in [0.1, 0.15) is 5.60 Å². The van der Waals surface area contributed by atoms with E-state index in [0.717, 1.165) is 16.4 Å². The summed E-state index contributed by atoms with van der Waals surface area (Å²) in [5.74, 6) is -1.30. The van der Waals surface area contributed by atoms with Crippen molar-refractivity contribution in [3.63, 3.8) is 0 Å². The molecule has 7 heteroatoms. The first-order valence-electron chi connectivity index (χ1n) is 9.73. The number of amides is 2. The Hall–Kier alpha value is -2.72. The summed E-state index contributed by atoms with van der Waals surface area (Å²) in [5, 5.41) is 6.26. The van der Waals surface area contributed by atoms with Gasteiger partial charge in [0, 0.05) is 0 Å². The second-order valence-electron chi connectivity index (χ2n) is 8.15. The van der Waals surface area contributed by atoms with Crippen LogP contribution in [-0.4, -0.2) is 29.9 Å². The minimum atomic E-state index is -0.953. The van der Waals surface area contributed by atoms with Gasteiger partial charge in [0.05, 0.1) is 13.0 Å². The lowest BCUT2D eigenvalue weighted by molar-refractivity contribution is -0.158. The van der Waals surface area contributed by atoms with Crippen LogP contribution in [0, 0.1) is 6.92 Å². The van der Waals surface area contributed by atoms with Gasteiger partial charge < -0.3 is 15.4 Å². The molecule has 0 spiro atoms. The Kier molecular flexibility index (Phi) is 8.13. The van der Waals surface area contributed by atoms with E-state index in [0.29, 0.717) is 5.56 Å². The van der Waals surface area contributed by atoms with Crippen LogP contribution in [0.2, 0.25) is 0 Å². The zero-order valence-electron chi connectivity index (χ0n) is 17.8. The fourth-order valence-corrected chi connectivity index (χ4v) is 3.40. The predicted molar refractivity (Wildman–Crippen MR) is 120 cm³/mol. The number of benzene rings is 2. The molecular weight excluding hydrogens is 399 g/mol. The monoisotopic (exact) mass is 428 g/mol. The molecule has 0 heterocycles. The molecule has 160 valence electrons. The van der Waals surface area contributed by atoms with Crippen molar-refractivity contribution in [2.75, 3.05) is 6.54 Å². The minimum absolute atomic E-state index is 0.171. The molecule has 2 amide bonds. The van der Waals surface area contributed by atoms with E-state index < -0.39 is 23.5 Å². The summed E-state index contributed by atoms with van der Waals surface area (Å²) in [5.41, 5.74) is 1.85. The molecule has 0 saturated heterocycles. The summed E-state index contributed by atoms with van der Waals surface area (Å²) in [6, 6.07) is 13.8. The summed E-state index contributed by atoms with van der Waals surface area (Å²) in [6.07, 6.45) is 0.171. The number of nitrogens with one attached hydrogen (secondary N) is 2. The molecule has 2 unspecified atom stereocenters. The molecular formula is C23H29N2O4P. The molecule has 2 aromatic carbocycles. The molecule has 0 fully saturated rings. The van der Waals surface area contributed by atoms with Crippen molar-refractivity contribution in [3.8, 4) is 0 Å². The van der Waals surface area contributed by atoms with E-state index >= 15 is 0 Å². The Balaban J connectivity index is 1.98. The van der Waals surface area contributed by atoms with Gasteiger partial charge in [0.25, 0.3) is 0 Å². The summed E-state index contributed by atoms with van der Waals surface area (Å²) in [4.78, 5) is 37.3. The molecule has 2 aromatic rings. The normalized spacial score (nSPS) is 12.0. The zero-order chi connectivity index (χ0) is 22.3. The van der Waals surface area contributed by atoms with Crippen molar-refractivity contribution in [2.24, 2.45) is 0 Å². The van der Waals surface area contributed by atoms with Crippen molar-refractivity contribution in [1.29, 1.82) is 0 Å². The van der Waals surface area contributed by atoms with E-state index in [1.807, 2.05) is 31.2 Å². The van der Waals surface area contributed by atoms with Crippen molar-refractivity contribution in [2.45, 2.75) is 45.8 Å². The average Bonchev–Trinajstić information content (AvgIpc) is 2.63. The number of rotatable bonds is 7. The topological polar surface area (TPSA) is 84.5 Å². The second-order valence-corrected chi connectivity index (χ2v) is 8.82. The van der Waals surface area contributed by atoms with E-state index in [2.05, 4.69) is 19.9 Å². The molecule has 30 heavy (non-hydrogen) atoms. The maximum atomic E-state index is 12.6. The van der Waals surface area contributed by atoms with Crippen LogP contribution in [0.4, 0.5) is 0 Å². The van der Waals surface area contributed by atoms with E-state index in [4.69, 9.17) is 4.74 Å². The highest BCUT2D eigenvalue weighted by atomic mass is 31.0. The van der Waals surface area contributed by atoms with Crippen molar-refractivity contribution < 1.29 is 19.1 Å². The van der Waals surface area contributed by atoms with Gasteiger partial charge in [-0.2, -0.15) is 0 Å². The number of aryl methyl sites for hydroxylation is 1. The quantitative estimate of drug-likeness (QED) is 0.524. The molecule has 6 nitrogen and oxygen atoms in total. The molecule has 2 N–H and O–H groups in total. The first-order valence-corrected chi connectivity index (χ1v) is 10.3. The Morgan fingerprint density at radius 3 is 2.30 bits per heavy atom. The van der Waals surface area contributed by atoms with Gasteiger partial charge >= 0.3 is 5.97 Å². The van der Waals surface area contributed by atoms with Crippen LogP contribution >= 0.6 is 9.24 Å². The number of ether oxygens (including phenoxy) is 1. The number of hydrogen-bond acceptors (Lipinski definition) is 4. The smallest absolute Gasteiger partial charge is 0.333 e. The largest absolute Gasteiger partial charge is 0.458 e. The first-order chi connectivity index (χ1) is 14.0. The summed E-state index contributed by atoms with van der Waals surface area (Å²) in [7, 11) is 2.61. The molecule has 2 atom stereocenters. The number of carbonyl (C=O) groups excluding carboxylic acids is 3. The zero-order valence-corrected chi connectivity index (χ0v) is 19.0. The fourth-order valence-electron chi connectivity index (χ4n) is 2.92. The lowest BCUT2D eigenvalue weighted by Gasteiger charge is -2.25. The first kappa shape index (κ1) is 23.6. The van der Waals surface area contributed by atoms with E-state index in [9.17, 15) is 14.4 Å². The van der Waals surface area contributed by atoms with Gasteiger partial charge in [-0.15, -0.1) is 9.24 Å². The van der Waals surface area contributed by atoms with Crippen LogP contribution in [0.25, 0.3) is 0 Å². The highest BCUT2D eigenvalue weighted by Gasteiger charge is 2.28. The lowest BCUT2D eigenvalue weighted by Crippen LogP contribution is -2.43. The molecule has 2 rings (SSSR count). The second kappa shape index (κ2) is 10.4. The van der Waals surface area contributed by atoms with Gasteiger partial charge in [-0.25, -0.2) is 4.79 Å². The molecule has 0 saturated carbocycles. The van der Waals surface area contributed by atoms with Crippen LogP contribution < -0.4 is 15.9 Å². The SMILES string of the molecule is Cc1cc(P)cc(CC(=O)NCC(=O)NC(C(=O)OC(C)(C)C)c2ccccc2)c1. The molecule has 0 aliphatic carbocycles. The third kappa shape index (κ3) is 7.96. The lowest BCUT2D eigenvalue weighted by atomic mass is 10.1. The molecule has 0 bridgehead atoms. The highest BCUT2D eigenvalue weighted by molar-refractivity contribution is 7.27. The maximum absolute atomic E-state index is 12.6. The predicted octanol–water partition coefficient (Wildman–Crippen LogP) is 2.35. The molecule has 0 aliphatic rings. The Bertz CT molecular complexity index is 887. The summed E-state index contributed by atoms with van der Waals surface area (Å²) < 4.78 is 5.44. The van der Waals surface area contributed by atoms with Gasteiger partial charge in [-0.05, 0) is 44.1 Å². The number of hydrogen-bond donors (Lipinski definition) is 2. The number of carbonyl (C=O) groups is 3. The van der Waals surface area contributed by atoms with Gasteiger partial charge in [-0.1, -0.05) is 54.1 Å². The summed E-state index contributed by atoms with van der Waals surface area (Å²) in [6.45, 7) is 7.02. The Morgan fingerprint density at radius 2 is 1.70 bits per heavy atom. The van der Waals surface area contributed by atoms with Gasteiger partial charge in [-0.3, -0.25) is 9.59 Å². The van der Waals surface area contributed by atoms with Crippen molar-refractivity contribution in [3.05, 3.63) is 65.2 Å². The molecule has 0 aromatic heterocycles. The van der Waals surface area contributed by atoms with E-state index in [1.54, 1.807) is 45.0 Å². The van der Waals surface area contributed by atoms with Crippen molar-refractivity contribution in [1.82, 2.24) is 10.6 Å². The highest BCUT2D eigenvalue weighted by Crippen LogP contribution is 2.18. The van der Waals surface area contributed by atoms with Gasteiger partial charge in [0.2, 0.25) is 11.8 Å². The maximum Gasteiger partial charge on any atom is 0.333 e. The standard InChI is InChI=1S/C23H29N2O4P/c1-15-10-16(12-18(30)11-15)13-19(26)24-14-20(27)25-21(17-8-6-5-7-9-17)22(28)29-23(2,3)4/h5-12,21H,13-14,30H2,1-4H3,(H,24,26)(H,25,27). The fraction of sp³-hybridized carbons (Fsp3) is 0.348. The average molecular weight is 428 g/mol. The van der Waals surface area contributed by atoms with Crippen molar-refractivity contribution >= 4 is 32.3 Å². The third-order valence-corrected chi connectivity index (χ3v) is 4.38. The van der Waals surface area contributed by atoms with Crippen LogP contribution in [0.5, 0.6) is 0 Å². The number of esters is 1. The Morgan fingerprint density at radius 1 is 1.03 bits per heavy atom.